The van der Waals surface area contributed by atoms with Crippen LogP contribution in [0.1, 0.15) is 23.2 Å². The number of aryl methyl sites for hydroxylation is 1. The minimum absolute atomic E-state index is 0.0969. The molecule has 4 N–H and O–H groups in total. The summed E-state index contributed by atoms with van der Waals surface area (Å²) in [6.07, 6.45) is 3.90. The van der Waals surface area contributed by atoms with Gasteiger partial charge in [0.05, 0.1) is 5.71 Å². The first kappa shape index (κ1) is 25.6. The zero-order valence-electron chi connectivity index (χ0n) is 21.9. The van der Waals surface area contributed by atoms with E-state index in [1.54, 1.807) is 6.20 Å². The second-order valence-electron chi connectivity index (χ2n) is 9.67. The van der Waals surface area contributed by atoms with Crippen LogP contribution in [0.15, 0.2) is 61.1 Å². The standard InChI is InChI=1S/C29H34N8O/c1-20-4-6-21(7-5-20)25(30)24(18-31-12-3-17-38)26-27-29(33-19-32-26)35-28(34-27)22-8-10-23(11-9-22)37-15-13-36(2)14-16-37/h4-11,18-19,30-31,38H,3,12-17H2,1-2H3,(H,32,33,34,35)/b24-18+,30-25?. The Morgan fingerprint density at radius 3 is 2.50 bits per heavy atom. The smallest absolute Gasteiger partial charge is 0.161 e. The molecule has 0 aliphatic carbocycles. The Morgan fingerprint density at radius 1 is 1.05 bits per heavy atom. The number of anilines is 1. The first-order chi connectivity index (χ1) is 18.5. The molecule has 0 amide bonds. The van der Waals surface area contributed by atoms with Gasteiger partial charge in [-0.05, 0) is 44.7 Å². The number of hydrogen-bond donors (Lipinski definition) is 4. The van der Waals surface area contributed by atoms with E-state index in [0.717, 1.165) is 42.9 Å². The quantitative estimate of drug-likeness (QED) is 0.201. The molecule has 1 saturated heterocycles. The molecule has 4 aromatic rings. The number of rotatable bonds is 9. The predicted molar refractivity (Wildman–Crippen MR) is 153 cm³/mol. The molecule has 5 rings (SSSR count). The van der Waals surface area contributed by atoms with E-state index in [9.17, 15) is 5.11 Å². The van der Waals surface area contributed by atoms with E-state index < -0.39 is 0 Å². The number of piperazine rings is 1. The topological polar surface area (TPSA) is 117 Å². The van der Waals surface area contributed by atoms with Gasteiger partial charge in [-0.2, -0.15) is 0 Å². The predicted octanol–water partition coefficient (Wildman–Crippen LogP) is 3.46. The summed E-state index contributed by atoms with van der Waals surface area (Å²) in [6, 6.07) is 16.3. The van der Waals surface area contributed by atoms with E-state index in [0.29, 0.717) is 46.9 Å². The lowest BCUT2D eigenvalue weighted by Gasteiger charge is -2.34. The van der Waals surface area contributed by atoms with E-state index in [1.165, 1.54) is 12.0 Å². The van der Waals surface area contributed by atoms with E-state index >= 15 is 0 Å². The number of likely N-dealkylation sites (N-methyl/N-ethyl adjacent to an activating group) is 1. The maximum Gasteiger partial charge on any atom is 0.161 e. The number of fused-ring (bicyclic) bond motifs is 1. The number of nitrogens with one attached hydrogen (secondary N) is 3. The molecule has 196 valence electrons. The van der Waals surface area contributed by atoms with Crippen LogP contribution in [0.5, 0.6) is 0 Å². The summed E-state index contributed by atoms with van der Waals surface area (Å²) in [5.41, 5.74) is 6.85. The van der Waals surface area contributed by atoms with Gasteiger partial charge in [0.1, 0.15) is 23.4 Å². The Morgan fingerprint density at radius 2 is 1.79 bits per heavy atom. The molecule has 1 aliphatic rings. The summed E-state index contributed by atoms with van der Waals surface area (Å²) in [5.74, 6) is 0.709. The van der Waals surface area contributed by atoms with Gasteiger partial charge in [-0.25, -0.2) is 15.0 Å². The number of benzene rings is 2. The van der Waals surface area contributed by atoms with Crippen molar-refractivity contribution in [3.05, 3.63) is 77.9 Å². The van der Waals surface area contributed by atoms with Crippen LogP contribution in [0.4, 0.5) is 5.69 Å². The Hall–Kier alpha value is -4.08. The molecule has 0 unspecified atom stereocenters. The van der Waals surface area contributed by atoms with Crippen LogP contribution in [-0.2, 0) is 0 Å². The number of imidazole rings is 1. The third kappa shape index (κ3) is 5.58. The van der Waals surface area contributed by atoms with E-state index in [4.69, 9.17) is 10.4 Å². The summed E-state index contributed by atoms with van der Waals surface area (Å²) in [7, 11) is 2.16. The number of hydrogen-bond acceptors (Lipinski definition) is 8. The van der Waals surface area contributed by atoms with Gasteiger partial charge in [-0.15, -0.1) is 0 Å². The molecule has 9 heteroatoms. The van der Waals surface area contributed by atoms with Gasteiger partial charge in [0, 0.05) is 67.9 Å². The van der Waals surface area contributed by atoms with Gasteiger partial charge >= 0.3 is 0 Å². The molecule has 0 bridgehead atoms. The third-order valence-electron chi connectivity index (χ3n) is 6.88. The van der Waals surface area contributed by atoms with Crippen LogP contribution in [0.3, 0.4) is 0 Å². The van der Waals surface area contributed by atoms with Crippen molar-refractivity contribution in [3.63, 3.8) is 0 Å². The maximum absolute atomic E-state index is 9.17. The number of aliphatic hydroxyl groups excluding tert-OH is 1. The van der Waals surface area contributed by atoms with Gasteiger partial charge in [0.2, 0.25) is 0 Å². The zero-order chi connectivity index (χ0) is 26.5. The average molecular weight is 511 g/mol. The van der Waals surface area contributed by atoms with Crippen molar-refractivity contribution in [1.29, 1.82) is 5.41 Å². The molecule has 2 aromatic heterocycles. The number of aliphatic hydroxyl groups is 1. The summed E-state index contributed by atoms with van der Waals surface area (Å²) in [5, 5.41) is 21.4. The van der Waals surface area contributed by atoms with Gasteiger partial charge in [0.15, 0.2) is 5.65 Å². The normalized spacial score (nSPS) is 14.7. The minimum atomic E-state index is 0.0969. The third-order valence-corrected chi connectivity index (χ3v) is 6.88. The maximum atomic E-state index is 9.17. The average Bonchev–Trinajstić information content (AvgIpc) is 3.39. The molecule has 2 aromatic carbocycles. The molecule has 0 radical (unpaired) electrons. The Kier molecular flexibility index (Phi) is 7.76. The van der Waals surface area contributed by atoms with E-state index in [1.807, 2.05) is 31.2 Å². The highest BCUT2D eigenvalue weighted by Gasteiger charge is 2.19. The summed E-state index contributed by atoms with van der Waals surface area (Å²) < 4.78 is 0. The van der Waals surface area contributed by atoms with Crippen LogP contribution >= 0.6 is 0 Å². The fraction of sp³-hybridized carbons (Fsp3) is 0.310. The van der Waals surface area contributed by atoms with Crippen molar-refractivity contribution in [2.45, 2.75) is 13.3 Å². The highest BCUT2D eigenvalue weighted by atomic mass is 16.3. The number of nitrogens with zero attached hydrogens (tertiary/aromatic N) is 5. The van der Waals surface area contributed by atoms with Gasteiger partial charge < -0.3 is 25.2 Å². The molecule has 0 saturated carbocycles. The molecule has 3 heterocycles. The van der Waals surface area contributed by atoms with Crippen LogP contribution < -0.4 is 10.2 Å². The van der Waals surface area contributed by atoms with Crippen molar-refractivity contribution >= 4 is 28.1 Å². The Bertz CT molecular complexity index is 1420. The van der Waals surface area contributed by atoms with Crippen LogP contribution in [0, 0.1) is 12.3 Å². The Labute approximate surface area is 222 Å². The monoisotopic (exact) mass is 510 g/mol. The molecular formula is C29H34N8O. The number of aromatic nitrogens is 4. The molecule has 1 aliphatic heterocycles. The molecule has 0 spiro atoms. The summed E-state index contributed by atoms with van der Waals surface area (Å²) in [4.78, 5) is 22.0. The van der Waals surface area contributed by atoms with Crippen LogP contribution in [0.2, 0.25) is 0 Å². The second-order valence-corrected chi connectivity index (χ2v) is 9.67. The SMILES string of the molecule is Cc1ccc(C(=N)/C(=C\NCCCO)c2ncnc3[nH]c(-c4ccc(N5CCN(C)CC5)cc4)nc23)cc1. The first-order valence-electron chi connectivity index (χ1n) is 13.0. The van der Waals surface area contributed by atoms with E-state index in [2.05, 4.69) is 61.4 Å². The highest BCUT2D eigenvalue weighted by molar-refractivity contribution is 6.31. The number of H-pyrrole nitrogens is 1. The van der Waals surface area contributed by atoms with E-state index in [-0.39, 0.29) is 6.61 Å². The second kappa shape index (κ2) is 11.5. The number of allylic oxidation sites excluding steroid dienone is 1. The fourth-order valence-electron chi connectivity index (χ4n) is 4.55. The lowest BCUT2D eigenvalue weighted by Crippen LogP contribution is -2.44. The number of aromatic amines is 1. The van der Waals surface area contributed by atoms with Crippen molar-refractivity contribution in [1.82, 2.24) is 30.2 Å². The van der Waals surface area contributed by atoms with Gasteiger partial charge in [-0.1, -0.05) is 29.8 Å². The van der Waals surface area contributed by atoms with Gasteiger partial charge in [-0.3, -0.25) is 5.41 Å². The Balaban J connectivity index is 1.47. The summed E-state index contributed by atoms with van der Waals surface area (Å²) in [6.45, 7) is 6.88. The largest absolute Gasteiger partial charge is 0.396 e. The summed E-state index contributed by atoms with van der Waals surface area (Å²) >= 11 is 0. The molecular weight excluding hydrogens is 476 g/mol. The first-order valence-corrected chi connectivity index (χ1v) is 13.0. The molecule has 38 heavy (non-hydrogen) atoms. The van der Waals surface area contributed by atoms with Crippen LogP contribution in [-0.4, -0.2) is 82.0 Å². The fourth-order valence-corrected chi connectivity index (χ4v) is 4.55. The van der Waals surface area contributed by atoms with Gasteiger partial charge in [0.25, 0.3) is 0 Å². The van der Waals surface area contributed by atoms with Crippen molar-refractivity contribution in [3.8, 4) is 11.4 Å². The lowest BCUT2D eigenvalue weighted by molar-refractivity contribution is 0.288. The molecule has 0 atom stereocenters. The lowest BCUT2D eigenvalue weighted by atomic mass is 9.99. The highest BCUT2D eigenvalue weighted by Crippen LogP contribution is 2.28. The minimum Gasteiger partial charge on any atom is -0.396 e. The van der Waals surface area contributed by atoms with Crippen molar-refractivity contribution < 1.29 is 5.11 Å². The molecule has 1 fully saturated rings. The van der Waals surface area contributed by atoms with Crippen molar-refractivity contribution in [2.24, 2.45) is 0 Å². The van der Waals surface area contributed by atoms with Crippen LogP contribution in [0.25, 0.3) is 28.1 Å². The van der Waals surface area contributed by atoms with Crippen molar-refractivity contribution in [2.75, 3.05) is 51.3 Å². The molecule has 9 nitrogen and oxygen atoms in total. The zero-order valence-corrected chi connectivity index (χ0v) is 21.9.